The van der Waals surface area contributed by atoms with Gasteiger partial charge in [-0.2, -0.15) is 4.98 Å². The number of hydrogen-bond acceptors (Lipinski definition) is 6. The summed E-state index contributed by atoms with van der Waals surface area (Å²) in [6.45, 7) is 0.00118. The first-order chi connectivity index (χ1) is 13.1. The molecule has 0 aliphatic rings. The van der Waals surface area contributed by atoms with Crippen molar-refractivity contribution in [1.82, 2.24) is 10.1 Å². The second-order valence-electron chi connectivity index (χ2n) is 5.37. The molecular formula is C18H15Cl2N3O4. The summed E-state index contributed by atoms with van der Waals surface area (Å²) < 4.78 is 15.8. The van der Waals surface area contributed by atoms with Crippen molar-refractivity contribution < 1.29 is 18.8 Å². The van der Waals surface area contributed by atoms with Crippen molar-refractivity contribution in [2.24, 2.45) is 0 Å². The number of aromatic nitrogens is 2. The highest BCUT2D eigenvalue weighted by Crippen LogP contribution is 2.31. The molecule has 1 N–H and O–H groups in total. The van der Waals surface area contributed by atoms with Gasteiger partial charge in [0.15, 0.2) is 12.4 Å². The number of hydrogen-bond donors (Lipinski definition) is 1. The molecule has 140 valence electrons. The lowest BCUT2D eigenvalue weighted by Crippen LogP contribution is -2.15. The van der Waals surface area contributed by atoms with Gasteiger partial charge in [-0.3, -0.25) is 4.79 Å². The Morgan fingerprint density at radius 2 is 1.93 bits per heavy atom. The minimum Gasteiger partial charge on any atom is -0.495 e. The molecule has 1 aromatic heterocycles. The fourth-order valence-electron chi connectivity index (χ4n) is 2.24. The first-order valence-corrected chi connectivity index (χ1v) is 8.63. The summed E-state index contributed by atoms with van der Waals surface area (Å²) in [4.78, 5) is 16.3. The average Bonchev–Trinajstić information content (AvgIpc) is 3.10. The standard InChI is InChI=1S/C18H15Cl2N3O4/c1-25-13-7-3-2-6-12(13)21-16(24)9-15-22-17(27-23-15)10-26-14-8-4-5-11(19)18(14)20/h2-8H,9-10H2,1H3,(H,21,24). The van der Waals surface area contributed by atoms with Crippen molar-refractivity contribution in [3.8, 4) is 11.5 Å². The zero-order chi connectivity index (χ0) is 19.2. The van der Waals surface area contributed by atoms with Gasteiger partial charge in [0.2, 0.25) is 5.91 Å². The molecule has 1 amide bonds. The lowest BCUT2D eigenvalue weighted by molar-refractivity contribution is -0.115. The third kappa shape index (κ3) is 4.90. The fourth-order valence-corrected chi connectivity index (χ4v) is 2.59. The first kappa shape index (κ1) is 19.0. The van der Waals surface area contributed by atoms with Crippen LogP contribution in [0, 0.1) is 0 Å². The van der Waals surface area contributed by atoms with Crippen LogP contribution < -0.4 is 14.8 Å². The molecule has 0 bridgehead atoms. The van der Waals surface area contributed by atoms with E-state index in [9.17, 15) is 4.79 Å². The normalized spacial score (nSPS) is 10.5. The van der Waals surface area contributed by atoms with Gasteiger partial charge in [-0.1, -0.05) is 46.6 Å². The molecule has 0 atom stereocenters. The maximum absolute atomic E-state index is 12.2. The van der Waals surface area contributed by atoms with Crippen molar-refractivity contribution in [3.05, 3.63) is 64.2 Å². The predicted molar refractivity (Wildman–Crippen MR) is 100 cm³/mol. The van der Waals surface area contributed by atoms with Gasteiger partial charge in [0, 0.05) is 0 Å². The number of nitrogens with one attached hydrogen (secondary N) is 1. The summed E-state index contributed by atoms with van der Waals surface area (Å²) in [6, 6.07) is 12.1. The molecule has 0 saturated carbocycles. The van der Waals surface area contributed by atoms with Gasteiger partial charge < -0.3 is 19.3 Å². The van der Waals surface area contributed by atoms with E-state index in [2.05, 4.69) is 15.5 Å². The topological polar surface area (TPSA) is 86.5 Å². The Morgan fingerprint density at radius 1 is 1.15 bits per heavy atom. The van der Waals surface area contributed by atoms with Gasteiger partial charge in [-0.15, -0.1) is 0 Å². The maximum atomic E-state index is 12.2. The van der Waals surface area contributed by atoms with Gasteiger partial charge >= 0.3 is 0 Å². The first-order valence-electron chi connectivity index (χ1n) is 7.88. The van der Waals surface area contributed by atoms with E-state index >= 15 is 0 Å². The highest BCUT2D eigenvalue weighted by atomic mass is 35.5. The Kier molecular flexibility index (Phi) is 6.16. The molecule has 7 nitrogen and oxygen atoms in total. The number of ether oxygens (including phenoxy) is 2. The van der Waals surface area contributed by atoms with E-state index in [1.807, 2.05) is 6.07 Å². The van der Waals surface area contributed by atoms with Crippen molar-refractivity contribution in [1.29, 1.82) is 0 Å². The number of halogens is 2. The quantitative estimate of drug-likeness (QED) is 0.632. The Bertz CT molecular complexity index is 946. The number of methoxy groups -OCH3 is 1. The lowest BCUT2D eigenvalue weighted by Gasteiger charge is -2.08. The average molecular weight is 408 g/mol. The lowest BCUT2D eigenvalue weighted by atomic mass is 10.2. The minimum absolute atomic E-state index is 0.00118. The van der Waals surface area contributed by atoms with Gasteiger partial charge in [0.05, 0.1) is 24.2 Å². The molecule has 0 fully saturated rings. The van der Waals surface area contributed by atoms with Crippen LogP contribution in [-0.4, -0.2) is 23.2 Å². The second kappa shape index (κ2) is 8.75. The molecule has 3 aromatic rings. The summed E-state index contributed by atoms with van der Waals surface area (Å²) in [7, 11) is 1.53. The fraction of sp³-hybridized carbons (Fsp3) is 0.167. The molecule has 2 aromatic carbocycles. The van der Waals surface area contributed by atoms with E-state index in [0.29, 0.717) is 27.2 Å². The monoisotopic (exact) mass is 407 g/mol. The van der Waals surface area contributed by atoms with E-state index in [0.717, 1.165) is 0 Å². The molecule has 1 heterocycles. The van der Waals surface area contributed by atoms with Crippen molar-refractivity contribution >= 4 is 34.8 Å². The van der Waals surface area contributed by atoms with Crippen molar-refractivity contribution in [3.63, 3.8) is 0 Å². The van der Waals surface area contributed by atoms with Crippen LogP contribution in [0.5, 0.6) is 11.5 Å². The van der Waals surface area contributed by atoms with Crippen LogP contribution in [0.1, 0.15) is 11.7 Å². The zero-order valence-corrected chi connectivity index (χ0v) is 15.8. The summed E-state index contributed by atoms with van der Waals surface area (Å²) in [5.74, 6) is 1.11. The predicted octanol–water partition coefficient (Wildman–Crippen LogP) is 4.15. The summed E-state index contributed by atoms with van der Waals surface area (Å²) in [5.41, 5.74) is 0.563. The van der Waals surface area contributed by atoms with E-state index in [4.69, 9.17) is 37.2 Å². The van der Waals surface area contributed by atoms with Crippen LogP contribution in [0.4, 0.5) is 5.69 Å². The Morgan fingerprint density at radius 3 is 2.74 bits per heavy atom. The minimum atomic E-state index is -0.300. The van der Waals surface area contributed by atoms with E-state index in [1.165, 1.54) is 7.11 Å². The molecule has 0 spiro atoms. The largest absolute Gasteiger partial charge is 0.495 e. The van der Waals surface area contributed by atoms with E-state index in [1.54, 1.807) is 36.4 Å². The number of anilines is 1. The second-order valence-corrected chi connectivity index (χ2v) is 6.16. The van der Waals surface area contributed by atoms with Gasteiger partial charge in [-0.05, 0) is 24.3 Å². The number of nitrogens with zero attached hydrogens (tertiary/aromatic N) is 2. The molecule has 3 rings (SSSR count). The third-order valence-electron chi connectivity index (χ3n) is 3.48. The third-order valence-corrected chi connectivity index (χ3v) is 4.28. The Balaban J connectivity index is 1.57. The highest BCUT2D eigenvalue weighted by molar-refractivity contribution is 6.42. The summed E-state index contributed by atoms with van der Waals surface area (Å²) in [6.07, 6.45) is -0.0561. The van der Waals surface area contributed by atoms with Gasteiger partial charge in [0.25, 0.3) is 5.89 Å². The van der Waals surface area contributed by atoms with Crippen LogP contribution in [-0.2, 0) is 17.8 Å². The smallest absolute Gasteiger partial charge is 0.264 e. The van der Waals surface area contributed by atoms with E-state index in [-0.39, 0.29) is 30.7 Å². The van der Waals surface area contributed by atoms with Crippen LogP contribution in [0.25, 0.3) is 0 Å². The molecule has 0 aliphatic carbocycles. The maximum Gasteiger partial charge on any atom is 0.264 e. The molecule has 0 saturated heterocycles. The number of rotatable bonds is 7. The molecule has 0 unspecified atom stereocenters. The number of carbonyl (C=O) groups excluding carboxylic acids is 1. The molecular weight excluding hydrogens is 393 g/mol. The summed E-state index contributed by atoms with van der Waals surface area (Å²) >= 11 is 12.0. The number of amides is 1. The Labute approximate surface area is 165 Å². The van der Waals surface area contributed by atoms with Gasteiger partial charge in [-0.25, -0.2) is 0 Å². The van der Waals surface area contributed by atoms with Crippen molar-refractivity contribution in [2.75, 3.05) is 12.4 Å². The van der Waals surface area contributed by atoms with Crippen LogP contribution in [0.2, 0.25) is 10.0 Å². The number of carbonyl (C=O) groups is 1. The summed E-state index contributed by atoms with van der Waals surface area (Å²) in [5, 5.41) is 7.20. The van der Waals surface area contributed by atoms with Crippen LogP contribution in [0.3, 0.4) is 0 Å². The zero-order valence-electron chi connectivity index (χ0n) is 14.2. The van der Waals surface area contributed by atoms with Crippen molar-refractivity contribution in [2.45, 2.75) is 13.0 Å². The molecule has 0 aliphatic heterocycles. The molecule has 0 radical (unpaired) electrons. The molecule has 27 heavy (non-hydrogen) atoms. The van der Waals surface area contributed by atoms with Gasteiger partial charge in [0.1, 0.15) is 16.5 Å². The molecule has 9 heteroatoms. The number of para-hydroxylation sites is 2. The number of benzene rings is 2. The SMILES string of the molecule is COc1ccccc1NC(=O)Cc1noc(COc2cccc(Cl)c2Cl)n1. The van der Waals surface area contributed by atoms with Crippen LogP contribution in [0.15, 0.2) is 47.0 Å². The highest BCUT2D eigenvalue weighted by Gasteiger charge is 2.14. The van der Waals surface area contributed by atoms with E-state index < -0.39 is 0 Å². The van der Waals surface area contributed by atoms with Crippen LogP contribution >= 0.6 is 23.2 Å². The Hall–Kier alpha value is -2.77.